The molecule has 2 N–H and O–H groups in total. The highest BCUT2D eigenvalue weighted by atomic mass is 16.3. The summed E-state index contributed by atoms with van der Waals surface area (Å²) in [6.45, 7) is 0.903. The van der Waals surface area contributed by atoms with Crippen LogP contribution in [-0.4, -0.2) is 28.1 Å². The van der Waals surface area contributed by atoms with E-state index in [9.17, 15) is 5.11 Å². The standard InChI is InChI=1S/C19H18N2O/c1-21-10-11-4-2-7-16(22)18(11)19-13-5-3-6-14-17(13)12(9-20-14)8-15(19)21/h2-7,9,15,19-20,22H,8,10H2,1H3/t15-,19-/m0/s1. The van der Waals surface area contributed by atoms with Crippen molar-refractivity contribution in [1.29, 1.82) is 0 Å². The summed E-state index contributed by atoms with van der Waals surface area (Å²) >= 11 is 0. The highest BCUT2D eigenvalue weighted by Crippen LogP contribution is 2.48. The Morgan fingerprint density at radius 3 is 2.91 bits per heavy atom. The van der Waals surface area contributed by atoms with Gasteiger partial charge in [-0.15, -0.1) is 0 Å². The van der Waals surface area contributed by atoms with Crippen LogP contribution in [0.1, 0.15) is 28.2 Å². The number of nitrogens with one attached hydrogen (secondary N) is 1. The van der Waals surface area contributed by atoms with Gasteiger partial charge in [0.25, 0.3) is 0 Å². The molecule has 5 rings (SSSR count). The molecule has 3 heteroatoms. The molecule has 3 aromatic rings. The molecule has 2 aliphatic rings. The molecule has 0 saturated carbocycles. The number of phenolic OH excluding ortho intramolecular Hbond substituents is 1. The average molecular weight is 290 g/mol. The summed E-state index contributed by atoms with van der Waals surface area (Å²) in [5.74, 6) is 0.693. The molecule has 1 aromatic heterocycles. The Morgan fingerprint density at radius 2 is 2.00 bits per heavy atom. The number of rotatable bonds is 0. The molecule has 2 atom stereocenters. The molecular formula is C19H18N2O. The van der Waals surface area contributed by atoms with E-state index in [1.165, 1.54) is 27.6 Å². The number of benzene rings is 2. The molecule has 0 radical (unpaired) electrons. The largest absolute Gasteiger partial charge is 0.508 e. The lowest BCUT2D eigenvalue weighted by molar-refractivity contribution is 0.190. The molecule has 22 heavy (non-hydrogen) atoms. The SMILES string of the molecule is CN1Cc2cccc(O)c2[C@H]2c3cccc4[nH]cc(c34)C[C@@H]21. The van der Waals surface area contributed by atoms with Crippen molar-refractivity contribution in [2.45, 2.75) is 24.9 Å². The molecular weight excluding hydrogens is 272 g/mol. The van der Waals surface area contributed by atoms with Crippen molar-refractivity contribution in [1.82, 2.24) is 9.88 Å². The number of aromatic hydroxyl groups is 1. The average Bonchev–Trinajstić information content (AvgIpc) is 2.93. The van der Waals surface area contributed by atoms with Gasteiger partial charge in [-0.3, -0.25) is 4.90 Å². The van der Waals surface area contributed by atoms with E-state index in [-0.39, 0.29) is 5.92 Å². The molecule has 1 aliphatic heterocycles. The summed E-state index contributed by atoms with van der Waals surface area (Å²) in [4.78, 5) is 5.83. The van der Waals surface area contributed by atoms with E-state index in [0.29, 0.717) is 11.8 Å². The van der Waals surface area contributed by atoms with Crippen LogP contribution < -0.4 is 0 Å². The number of fused-ring (bicyclic) bond motifs is 4. The molecule has 0 unspecified atom stereocenters. The molecule has 0 fully saturated rings. The molecule has 0 spiro atoms. The van der Waals surface area contributed by atoms with Gasteiger partial charge in [0, 0.05) is 41.2 Å². The fourth-order valence-electron chi connectivity index (χ4n) is 4.50. The van der Waals surface area contributed by atoms with Crippen LogP contribution >= 0.6 is 0 Å². The first-order valence-electron chi connectivity index (χ1n) is 7.84. The Balaban J connectivity index is 1.86. The minimum Gasteiger partial charge on any atom is -0.508 e. The van der Waals surface area contributed by atoms with Crippen molar-refractivity contribution in [2.75, 3.05) is 7.05 Å². The van der Waals surface area contributed by atoms with Gasteiger partial charge >= 0.3 is 0 Å². The Morgan fingerprint density at radius 1 is 1.14 bits per heavy atom. The maximum absolute atomic E-state index is 10.5. The maximum Gasteiger partial charge on any atom is 0.119 e. The Hall–Kier alpha value is -2.26. The van der Waals surface area contributed by atoms with E-state index in [4.69, 9.17) is 0 Å². The summed E-state index contributed by atoms with van der Waals surface area (Å²) in [6.07, 6.45) is 3.19. The minimum absolute atomic E-state index is 0.252. The van der Waals surface area contributed by atoms with Gasteiger partial charge in [0.1, 0.15) is 5.75 Å². The molecule has 3 nitrogen and oxygen atoms in total. The van der Waals surface area contributed by atoms with E-state index in [0.717, 1.165) is 18.5 Å². The number of aromatic nitrogens is 1. The van der Waals surface area contributed by atoms with Gasteiger partial charge in [-0.2, -0.15) is 0 Å². The van der Waals surface area contributed by atoms with Crippen molar-refractivity contribution in [2.24, 2.45) is 0 Å². The highest BCUT2D eigenvalue weighted by Gasteiger charge is 2.40. The lowest BCUT2D eigenvalue weighted by atomic mass is 9.72. The summed E-state index contributed by atoms with van der Waals surface area (Å²) < 4.78 is 0. The molecule has 0 bridgehead atoms. The van der Waals surface area contributed by atoms with Crippen LogP contribution in [0.5, 0.6) is 5.75 Å². The zero-order valence-corrected chi connectivity index (χ0v) is 12.5. The van der Waals surface area contributed by atoms with Crippen LogP contribution in [0.15, 0.2) is 42.6 Å². The number of likely N-dealkylation sites (N-methyl/N-ethyl adjacent to an activating group) is 1. The van der Waals surface area contributed by atoms with Gasteiger partial charge in [0.2, 0.25) is 0 Å². The van der Waals surface area contributed by atoms with E-state index in [1.54, 1.807) is 0 Å². The zero-order chi connectivity index (χ0) is 14.8. The number of H-pyrrole nitrogens is 1. The van der Waals surface area contributed by atoms with E-state index in [2.05, 4.69) is 47.4 Å². The first kappa shape index (κ1) is 12.3. The van der Waals surface area contributed by atoms with Crippen LogP contribution in [0.3, 0.4) is 0 Å². The number of hydrogen-bond donors (Lipinski definition) is 2. The predicted octanol–water partition coefficient (Wildman–Crippen LogP) is 3.38. The van der Waals surface area contributed by atoms with Crippen molar-refractivity contribution in [3.8, 4) is 5.75 Å². The number of hydrogen-bond acceptors (Lipinski definition) is 2. The Bertz CT molecular complexity index is 896. The van der Waals surface area contributed by atoms with Gasteiger partial charge in [-0.1, -0.05) is 24.3 Å². The molecule has 110 valence electrons. The van der Waals surface area contributed by atoms with Gasteiger partial charge in [0.05, 0.1) is 0 Å². The van der Waals surface area contributed by atoms with Crippen LogP contribution in [0.2, 0.25) is 0 Å². The monoisotopic (exact) mass is 290 g/mol. The van der Waals surface area contributed by atoms with Crippen molar-refractivity contribution in [3.63, 3.8) is 0 Å². The van der Waals surface area contributed by atoms with Crippen molar-refractivity contribution < 1.29 is 5.11 Å². The number of phenols is 1. The summed E-state index contributed by atoms with van der Waals surface area (Å²) in [5, 5.41) is 11.9. The highest BCUT2D eigenvalue weighted by molar-refractivity contribution is 5.89. The lowest BCUT2D eigenvalue weighted by Crippen LogP contribution is -2.44. The van der Waals surface area contributed by atoms with Crippen LogP contribution in [-0.2, 0) is 13.0 Å². The normalized spacial score (nSPS) is 23.3. The maximum atomic E-state index is 10.5. The van der Waals surface area contributed by atoms with E-state index in [1.807, 2.05) is 12.1 Å². The summed E-state index contributed by atoms with van der Waals surface area (Å²) in [5.41, 5.74) is 6.33. The predicted molar refractivity (Wildman–Crippen MR) is 87.2 cm³/mol. The topological polar surface area (TPSA) is 39.3 Å². The van der Waals surface area contributed by atoms with Gasteiger partial charge < -0.3 is 10.1 Å². The second kappa shape index (κ2) is 4.14. The van der Waals surface area contributed by atoms with Gasteiger partial charge in [0.15, 0.2) is 0 Å². The summed E-state index contributed by atoms with van der Waals surface area (Å²) in [6, 6.07) is 12.8. The van der Waals surface area contributed by atoms with Gasteiger partial charge in [-0.25, -0.2) is 0 Å². The smallest absolute Gasteiger partial charge is 0.119 e. The second-order valence-electron chi connectivity index (χ2n) is 6.60. The fourth-order valence-corrected chi connectivity index (χ4v) is 4.50. The second-order valence-corrected chi connectivity index (χ2v) is 6.60. The third-order valence-corrected chi connectivity index (χ3v) is 5.44. The first-order chi connectivity index (χ1) is 10.7. The molecule has 0 saturated heterocycles. The molecule has 2 heterocycles. The van der Waals surface area contributed by atoms with Crippen molar-refractivity contribution in [3.05, 3.63) is 64.8 Å². The van der Waals surface area contributed by atoms with Crippen LogP contribution in [0, 0.1) is 0 Å². The first-order valence-corrected chi connectivity index (χ1v) is 7.84. The lowest BCUT2D eigenvalue weighted by Gasteiger charge is -2.43. The van der Waals surface area contributed by atoms with Gasteiger partial charge in [-0.05, 0) is 42.3 Å². The fraction of sp³-hybridized carbons (Fsp3) is 0.263. The summed E-state index contributed by atoms with van der Waals surface area (Å²) in [7, 11) is 2.20. The number of aromatic amines is 1. The molecule has 0 amide bonds. The van der Waals surface area contributed by atoms with E-state index >= 15 is 0 Å². The Labute approximate surface area is 129 Å². The van der Waals surface area contributed by atoms with Crippen LogP contribution in [0.25, 0.3) is 10.9 Å². The Kier molecular flexibility index (Phi) is 2.32. The van der Waals surface area contributed by atoms with Crippen molar-refractivity contribution >= 4 is 10.9 Å². The minimum atomic E-state index is 0.252. The van der Waals surface area contributed by atoms with Crippen LogP contribution in [0.4, 0.5) is 0 Å². The molecule has 1 aliphatic carbocycles. The zero-order valence-electron chi connectivity index (χ0n) is 12.5. The van der Waals surface area contributed by atoms with E-state index < -0.39 is 0 Å². The number of nitrogens with zero attached hydrogens (tertiary/aromatic N) is 1. The molecule has 2 aromatic carbocycles. The quantitative estimate of drug-likeness (QED) is 0.666. The third-order valence-electron chi connectivity index (χ3n) is 5.44. The third kappa shape index (κ3) is 1.44.